The number of unbranched alkanes of at least 4 members (excludes halogenated alkanes) is 1. The van der Waals surface area contributed by atoms with Crippen LogP contribution in [0.5, 0.6) is 0 Å². The van der Waals surface area contributed by atoms with Gasteiger partial charge in [-0.05, 0) is 38.9 Å². The Balaban J connectivity index is 2.15. The molecule has 1 heterocycles. The van der Waals surface area contributed by atoms with E-state index in [0.717, 1.165) is 13.0 Å². The van der Waals surface area contributed by atoms with E-state index in [1.807, 2.05) is 25.0 Å². The van der Waals surface area contributed by atoms with Gasteiger partial charge in [-0.25, -0.2) is 0 Å². The Morgan fingerprint density at radius 1 is 1.50 bits per heavy atom. The van der Waals surface area contributed by atoms with Crippen LogP contribution in [0.25, 0.3) is 0 Å². The van der Waals surface area contributed by atoms with Crippen LogP contribution in [0.1, 0.15) is 18.5 Å². The van der Waals surface area contributed by atoms with Crippen molar-refractivity contribution in [3.8, 4) is 0 Å². The van der Waals surface area contributed by atoms with Crippen molar-refractivity contribution in [1.29, 1.82) is 0 Å². The summed E-state index contributed by atoms with van der Waals surface area (Å²) in [6.45, 7) is 1.10. The molecule has 0 atom stereocenters. The van der Waals surface area contributed by atoms with Crippen LogP contribution in [0, 0.1) is 0 Å². The van der Waals surface area contributed by atoms with Gasteiger partial charge in [0.15, 0.2) is 0 Å². The smallest absolute Gasteiger partial charge is 0.0624 e. The normalized spacial score (nSPS) is 10.5. The Kier molecular flexibility index (Phi) is 3.80. The third-order valence-corrected chi connectivity index (χ3v) is 1.88. The number of aryl methyl sites for hydroxylation is 2. The van der Waals surface area contributed by atoms with Crippen LogP contribution in [0.3, 0.4) is 0 Å². The standard InChI is InChI=1S/C9H17N3/c1-10-7-4-3-5-9-6-8-12(2)11-9/h6,8,10H,3-5,7H2,1-2H3. The second kappa shape index (κ2) is 4.93. The lowest BCUT2D eigenvalue weighted by Gasteiger charge is -1.97. The van der Waals surface area contributed by atoms with Crippen molar-refractivity contribution in [1.82, 2.24) is 15.1 Å². The summed E-state index contributed by atoms with van der Waals surface area (Å²) in [7, 11) is 3.94. The van der Waals surface area contributed by atoms with Gasteiger partial charge >= 0.3 is 0 Å². The average molecular weight is 167 g/mol. The maximum atomic E-state index is 4.30. The summed E-state index contributed by atoms with van der Waals surface area (Å²) in [5, 5.41) is 7.44. The number of aromatic nitrogens is 2. The van der Waals surface area contributed by atoms with Gasteiger partial charge in [0.05, 0.1) is 5.69 Å². The molecule has 1 aromatic heterocycles. The second-order valence-electron chi connectivity index (χ2n) is 3.04. The minimum Gasteiger partial charge on any atom is -0.320 e. The molecule has 12 heavy (non-hydrogen) atoms. The number of hydrogen-bond acceptors (Lipinski definition) is 2. The predicted molar refractivity (Wildman–Crippen MR) is 50.1 cm³/mol. The summed E-state index contributed by atoms with van der Waals surface area (Å²) < 4.78 is 1.85. The van der Waals surface area contributed by atoms with Gasteiger partial charge in [-0.1, -0.05) is 0 Å². The van der Waals surface area contributed by atoms with Crippen molar-refractivity contribution in [3.63, 3.8) is 0 Å². The number of nitrogens with zero attached hydrogens (tertiary/aromatic N) is 2. The van der Waals surface area contributed by atoms with E-state index in [1.54, 1.807) is 0 Å². The molecule has 68 valence electrons. The van der Waals surface area contributed by atoms with Crippen molar-refractivity contribution < 1.29 is 0 Å². The highest BCUT2D eigenvalue weighted by molar-refractivity contribution is 4.98. The zero-order valence-corrected chi connectivity index (χ0v) is 7.88. The molecular formula is C9H17N3. The Bertz CT molecular complexity index is 217. The zero-order valence-electron chi connectivity index (χ0n) is 7.88. The fourth-order valence-corrected chi connectivity index (χ4v) is 1.20. The van der Waals surface area contributed by atoms with Gasteiger partial charge < -0.3 is 5.32 Å². The summed E-state index contributed by atoms with van der Waals surface area (Å²) in [4.78, 5) is 0. The molecule has 0 radical (unpaired) electrons. The average Bonchev–Trinajstić information content (AvgIpc) is 2.45. The fourth-order valence-electron chi connectivity index (χ4n) is 1.20. The first-order valence-electron chi connectivity index (χ1n) is 4.46. The highest BCUT2D eigenvalue weighted by Crippen LogP contribution is 2.00. The second-order valence-corrected chi connectivity index (χ2v) is 3.04. The topological polar surface area (TPSA) is 29.9 Å². The fraction of sp³-hybridized carbons (Fsp3) is 0.667. The van der Waals surface area contributed by atoms with E-state index in [4.69, 9.17) is 0 Å². The van der Waals surface area contributed by atoms with Crippen LogP contribution < -0.4 is 5.32 Å². The minimum absolute atomic E-state index is 1.10. The van der Waals surface area contributed by atoms with E-state index in [9.17, 15) is 0 Å². The van der Waals surface area contributed by atoms with Gasteiger partial charge in [-0.2, -0.15) is 5.10 Å². The van der Waals surface area contributed by atoms with Crippen molar-refractivity contribution in [3.05, 3.63) is 18.0 Å². The Hall–Kier alpha value is -0.830. The molecule has 3 heteroatoms. The first kappa shape index (κ1) is 9.26. The summed E-state index contributed by atoms with van der Waals surface area (Å²) in [5.74, 6) is 0. The van der Waals surface area contributed by atoms with Crippen molar-refractivity contribution in [2.24, 2.45) is 7.05 Å². The molecule has 0 fully saturated rings. The van der Waals surface area contributed by atoms with Crippen LogP contribution in [0.2, 0.25) is 0 Å². The predicted octanol–water partition coefficient (Wildman–Crippen LogP) is 0.962. The number of rotatable bonds is 5. The van der Waals surface area contributed by atoms with E-state index in [0.29, 0.717) is 0 Å². The van der Waals surface area contributed by atoms with Gasteiger partial charge in [0.2, 0.25) is 0 Å². The highest BCUT2D eigenvalue weighted by Gasteiger charge is 1.95. The van der Waals surface area contributed by atoms with Crippen LogP contribution in [-0.4, -0.2) is 23.4 Å². The first-order chi connectivity index (χ1) is 5.83. The molecule has 1 aromatic rings. The molecule has 0 spiro atoms. The molecule has 1 rings (SSSR count). The third kappa shape index (κ3) is 3.05. The summed E-state index contributed by atoms with van der Waals surface area (Å²) in [6, 6.07) is 2.08. The van der Waals surface area contributed by atoms with Gasteiger partial charge in [-0.15, -0.1) is 0 Å². The molecular weight excluding hydrogens is 150 g/mol. The molecule has 0 aromatic carbocycles. The van der Waals surface area contributed by atoms with Gasteiger partial charge in [0.1, 0.15) is 0 Å². The minimum atomic E-state index is 1.10. The van der Waals surface area contributed by atoms with E-state index in [-0.39, 0.29) is 0 Å². The van der Waals surface area contributed by atoms with Gasteiger partial charge in [0, 0.05) is 13.2 Å². The number of hydrogen-bond donors (Lipinski definition) is 1. The third-order valence-electron chi connectivity index (χ3n) is 1.88. The van der Waals surface area contributed by atoms with Crippen LogP contribution in [0.15, 0.2) is 12.3 Å². The molecule has 0 aliphatic heterocycles. The lowest BCUT2D eigenvalue weighted by atomic mass is 10.2. The molecule has 0 saturated carbocycles. The Morgan fingerprint density at radius 3 is 2.92 bits per heavy atom. The molecule has 0 amide bonds. The van der Waals surface area contributed by atoms with E-state index < -0.39 is 0 Å². The molecule has 1 N–H and O–H groups in total. The SMILES string of the molecule is CNCCCCc1ccn(C)n1. The monoisotopic (exact) mass is 167 g/mol. The lowest BCUT2D eigenvalue weighted by Crippen LogP contribution is -2.07. The summed E-state index contributed by atoms with van der Waals surface area (Å²) in [5.41, 5.74) is 1.20. The first-order valence-corrected chi connectivity index (χ1v) is 4.46. The zero-order chi connectivity index (χ0) is 8.81. The van der Waals surface area contributed by atoms with Crippen LogP contribution in [0.4, 0.5) is 0 Å². The Labute approximate surface area is 73.8 Å². The Morgan fingerprint density at radius 2 is 2.33 bits per heavy atom. The highest BCUT2D eigenvalue weighted by atomic mass is 15.2. The summed E-state index contributed by atoms with van der Waals surface area (Å²) >= 11 is 0. The largest absolute Gasteiger partial charge is 0.320 e. The van der Waals surface area contributed by atoms with Crippen LogP contribution in [-0.2, 0) is 13.5 Å². The van der Waals surface area contributed by atoms with E-state index in [2.05, 4.69) is 16.5 Å². The van der Waals surface area contributed by atoms with E-state index >= 15 is 0 Å². The van der Waals surface area contributed by atoms with E-state index in [1.165, 1.54) is 18.5 Å². The molecule has 0 unspecified atom stereocenters. The van der Waals surface area contributed by atoms with Crippen LogP contribution >= 0.6 is 0 Å². The van der Waals surface area contributed by atoms with Gasteiger partial charge in [0.25, 0.3) is 0 Å². The molecule has 3 nitrogen and oxygen atoms in total. The van der Waals surface area contributed by atoms with Crippen molar-refractivity contribution in [2.45, 2.75) is 19.3 Å². The molecule has 0 saturated heterocycles. The molecule has 0 aliphatic carbocycles. The lowest BCUT2D eigenvalue weighted by molar-refractivity contribution is 0.659. The van der Waals surface area contributed by atoms with Crippen molar-refractivity contribution in [2.75, 3.05) is 13.6 Å². The van der Waals surface area contributed by atoms with Crippen molar-refractivity contribution >= 4 is 0 Å². The van der Waals surface area contributed by atoms with Gasteiger partial charge in [-0.3, -0.25) is 4.68 Å². The quantitative estimate of drug-likeness (QED) is 0.662. The maximum absolute atomic E-state index is 4.30. The number of nitrogens with one attached hydrogen (secondary N) is 1. The molecule has 0 aliphatic rings. The maximum Gasteiger partial charge on any atom is 0.0624 e. The summed E-state index contributed by atoms with van der Waals surface area (Å²) in [6.07, 6.45) is 5.54. The molecule has 0 bridgehead atoms.